The lowest BCUT2D eigenvalue weighted by atomic mass is 9.66. The molecule has 0 aliphatic heterocycles. The molecule has 1 aromatic carbocycles. The van der Waals surface area contributed by atoms with E-state index in [0.29, 0.717) is 0 Å². The lowest BCUT2D eigenvalue weighted by Crippen LogP contribution is -2.45. The first-order valence-corrected chi connectivity index (χ1v) is 7.82. The fraction of sp³-hybridized carbons (Fsp3) is 0.333. The highest BCUT2D eigenvalue weighted by Crippen LogP contribution is 2.45. The number of aliphatic hydroxyl groups excluding tert-OH is 4. The van der Waals surface area contributed by atoms with Crippen LogP contribution in [0.4, 0.5) is 0 Å². The zero-order chi connectivity index (χ0) is 17.2. The minimum atomic E-state index is -1.35. The fourth-order valence-electron chi connectivity index (χ4n) is 4.04. The summed E-state index contributed by atoms with van der Waals surface area (Å²) in [4.78, 5) is 25.5. The molecule has 0 bridgehead atoms. The molecule has 4 N–H and O–H groups in total. The van der Waals surface area contributed by atoms with Crippen molar-refractivity contribution in [3.63, 3.8) is 0 Å². The third kappa shape index (κ3) is 1.87. The van der Waals surface area contributed by atoms with E-state index < -0.39 is 41.6 Å². The number of aliphatic hydroxyl groups is 4. The molecule has 3 aliphatic carbocycles. The molecule has 0 saturated heterocycles. The summed E-state index contributed by atoms with van der Waals surface area (Å²) in [6, 6.07) is 6.25. The topological polar surface area (TPSA) is 115 Å². The van der Waals surface area contributed by atoms with E-state index >= 15 is 0 Å². The highest BCUT2D eigenvalue weighted by atomic mass is 16.3. The Bertz CT molecular complexity index is 834. The Balaban J connectivity index is 1.95. The molecule has 1 saturated carbocycles. The summed E-state index contributed by atoms with van der Waals surface area (Å²) in [5, 5.41) is 41.3. The number of hydrogen-bond donors (Lipinski definition) is 4. The Morgan fingerprint density at radius 3 is 2.21 bits per heavy atom. The molecular weight excluding hydrogens is 312 g/mol. The molecule has 0 amide bonds. The van der Waals surface area contributed by atoms with Crippen LogP contribution >= 0.6 is 0 Å². The molecule has 4 unspecified atom stereocenters. The highest BCUT2D eigenvalue weighted by Gasteiger charge is 2.49. The number of ketones is 2. The van der Waals surface area contributed by atoms with Gasteiger partial charge in [0.25, 0.3) is 0 Å². The first-order valence-electron chi connectivity index (χ1n) is 7.82. The van der Waals surface area contributed by atoms with Crippen LogP contribution in [-0.2, 0) is 0 Å². The number of fused-ring (bicyclic) bond motifs is 2. The molecule has 6 nitrogen and oxygen atoms in total. The number of hydrogen-bond acceptors (Lipinski definition) is 6. The highest BCUT2D eigenvalue weighted by molar-refractivity contribution is 6.29. The third-order valence-electron chi connectivity index (χ3n) is 5.12. The van der Waals surface area contributed by atoms with Gasteiger partial charge in [-0.05, 0) is 6.42 Å². The van der Waals surface area contributed by atoms with Gasteiger partial charge in [0.2, 0.25) is 0 Å². The van der Waals surface area contributed by atoms with Crippen LogP contribution in [0.25, 0.3) is 0 Å². The van der Waals surface area contributed by atoms with Crippen molar-refractivity contribution in [3.8, 4) is 0 Å². The van der Waals surface area contributed by atoms with E-state index in [1.54, 1.807) is 12.1 Å². The molecule has 6 heteroatoms. The fourth-order valence-corrected chi connectivity index (χ4v) is 4.04. The summed E-state index contributed by atoms with van der Waals surface area (Å²) in [7, 11) is 0. The Morgan fingerprint density at radius 2 is 1.54 bits per heavy atom. The zero-order valence-electron chi connectivity index (χ0n) is 12.6. The first kappa shape index (κ1) is 15.3. The van der Waals surface area contributed by atoms with Crippen LogP contribution in [-0.4, -0.2) is 50.3 Å². The standard InChI is InChI=1S/C18H16O6/c19-7-5-10-12(11(20)6-7)18(24)14-13(17(10)23)15(21)8-3-1-2-4-9(8)16(14)22/h1-4,7,10-11,17,19-20,23-24H,5-6H2. The van der Waals surface area contributed by atoms with Crippen molar-refractivity contribution in [2.75, 3.05) is 0 Å². The van der Waals surface area contributed by atoms with E-state index in [1.165, 1.54) is 12.1 Å². The molecule has 0 spiro atoms. The molecule has 124 valence electrons. The molecule has 0 aromatic heterocycles. The number of benzene rings is 1. The van der Waals surface area contributed by atoms with Gasteiger partial charge in [0.1, 0.15) is 5.76 Å². The van der Waals surface area contributed by atoms with Gasteiger partial charge in [-0.25, -0.2) is 0 Å². The van der Waals surface area contributed by atoms with Gasteiger partial charge >= 0.3 is 0 Å². The predicted octanol–water partition coefficient (Wildman–Crippen LogP) is 0.681. The number of carbonyl (C=O) groups is 2. The molecular formula is C18H16O6. The van der Waals surface area contributed by atoms with Crippen LogP contribution in [0, 0.1) is 5.92 Å². The Labute approximate surface area is 137 Å². The second-order valence-electron chi connectivity index (χ2n) is 6.49. The molecule has 4 atom stereocenters. The Hall–Kier alpha value is -2.28. The van der Waals surface area contributed by atoms with Crippen LogP contribution in [0.2, 0.25) is 0 Å². The van der Waals surface area contributed by atoms with E-state index in [0.717, 1.165) is 0 Å². The van der Waals surface area contributed by atoms with Crippen LogP contribution in [0.3, 0.4) is 0 Å². The average Bonchev–Trinajstić information content (AvgIpc) is 2.55. The van der Waals surface area contributed by atoms with E-state index in [-0.39, 0.29) is 40.7 Å². The number of rotatable bonds is 0. The van der Waals surface area contributed by atoms with Gasteiger partial charge < -0.3 is 20.4 Å². The van der Waals surface area contributed by atoms with Crippen LogP contribution in [0.15, 0.2) is 46.7 Å². The molecule has 0 radical (unpaired) electrons. The minimum absolute atomic E-state index is 0.0178. The molecule has 4 rings (SSSR count). The monoisotopic (exact) mass is 328 g/mol. The zero-order valence-corrected chi connectivity index (χ0v) is 12.6. The summed E-state index contributed by atoms with van der Waals surface area (Å²) >= 11 is 0. The van der Waals surface area contributed by atoms with Gasteiger partial charge in [-0.2, -0.15) is 0 Å². The summed E-state index contributed by atoms with van der Waals surface area (Å²) in [6.07, 6.45) is -3.23. The normalized spacial score (nSPS) is 32.5. The van der Waals surface area contributed by atoms with Crippen LogP contribution in [0.1, 0.15) is 33.6 Å². The van der Waals surface area contributed by atoms with E-state index in [1.807, 2.05) is 0 Å². The maximum Gasteiger partial charge on any atom is 0.198 e. The summed E-state index contributed by atoms with van der Waals surface area (Å²) in [6.45, 7) is 0. The lowest BCUT2D eigenvalue weighted by Gasteiger charge is -2.41. The van der Waals surface area contributed by atoms with Gasteiger partial charge in [0.15, 0.2) is 11.6 Å². The van der Waals surface area contributed by atoms with Gasteiger partial charge in [0.05, 0.1) is 23.9 Å². The van der Waals surface area contributed by atoms with Crippen molar-refractivity contribution in [2.45, 2.75) is 31.2 Å². The minimum Gasteiger partial charge on any atom is -0.507 e. The summed E-state index contributed by atoms with van der Waals surface area (Å²) in [5.41, 5.74) is 0.115. The largest absolute Gasteiger partial charge is 0.507 e. The Kier molecular flexibility index (Phi) is 3.25. The van der Waals surface area contributed by atoms with Crippen molar-refractivity contribution in [2.24, 2.45) is 5.92 Å². The van der Waals surface area contributed by atoms with Gasteiger partial charge in [-0.15, -0.1) is 0 Å². The molecule has 3 aliphatic rings. The van der Waals surface area contributed by atoms with Crippen molar-refractivity contribution in [1.82, 2.24) is 0 Å². The van der Waals surface area contributed by atoms with Gasteiger partial charge in [-0.1, -0.05) is 24.3 Å². The van der Waals surface area contributed by atoms with Crippen molar-refractivity contribution >= 4 is 11.6 Å². The number of Topliss-reactive ketones (excluding diaryl/α,β-unsaturated/α-hetero) is 2. The number of carbonyl (C=O) groups excluding carboxylic acids is 2. The molecule has 0 heterocycles. The van der Waals surface area contributed by atoms with E-state index in [2.05, 4.69) is 0 Å². The third-order valence-corrected chi connectivity index (χ3v) is 5.12. The molecule has 24 heavy (non-hydrogen) atoms. The maximum absolute atomic E-state index is 12.8. The molecule has 1 fully saturated rings. The molecule has 1 aromatic rings. The van der Waals surface area contributed by atoms with E-state index in [4.69, 9.17) is 0 Å². The average molecular weight is 328 g/mol. The predicted molar refractivity (Wildman–Crippen MR) is 82.5 cm³/mol. The van der Waals surface area contributed by atoms with Crippen LogP contribution in [0.5, 0.6) is 0 Å². The van der Waals surface area contributed by atoms with Crippen molar-refractivity contribution in [3.05, 3.63) is 57.9 Å². The first-order chi connectivity index (χ1) is 11.4. The maximum atomic E-state index is 12.8. The lowest BCUT2D eigenvalue weighted by molar-refractivity contribution is 0.0144. The Morgan fingerprint density at radius 1 is 0.917 bits per heavy atom. The van der Waals surface area contributed by atoms with Gasteiger partial charge in [-0.3, -0.25) is 9.59 Å². The van der Waals surface area contributed by atoms with Crippen LogP contribution < -0.4 is 0 Å². The van der Waals surface area contributed by atoms with Crippen molar-refractivity contribution in [1.29, 1.82) is 0 Å². The second kappa shape index (κ2) is 5.11. The second-order valence-corrected chi connectivity index (χ2v) is 6.49. The summed E-state index contributed by atoms with van der Waals surface area (Å²) < 4.78 is 0. The van der Waals surface area contributed by atoms with Gasteiger partial charge in [0, 0.05) is 34.6 Å². The quantitative estimate of drug-likeness (QED) is 0.557. The number of allylic oxidation sites excluding steroid dienone is 1. The SMILES string of the molecule is O=C1C2=C(C(=O)c3ccccc31)C(O)C1CC(O)CC(O)C1=C2O. The van der Waals surface area contributed by atoms with E-state index in [9.17, 15) is 30.0 Å². The smallest absolute Gasteiger partial charge is 0.198 e. The summed E-state index contributed by atoms with van der Waals surface area (Å²) in [5.74, 6) is -2.27. The van der Waals surface area contributed by atoms with Crippen molar-refractivity contribution < 1.29 is 30.0 Å².